The molecule has 2 nitrogen and oxygen atoms in total. The van der Waals surface area contributed by atoms with Crippen LogP contribution in [0.4, 0.5) is 0 Å². The first kappa shape index (κ1) is 9.92. The van der Waals surface area contributed by atoms with Gasteiger partial charge in [0.25, 0.3) is 0 Å². The van der Waals surface area contributed by atoms with E-state index in [4.69, 9.17) is 0 Å². The van der Waals surface area contributed by atoms with Gasteiger partial charge < -0.3 is 0 Å². The number of rotatable bonds is 5. The topological polar surface area (TPSA) is 24.1 Å². The molecule has 0 aromatic carbocycles. The molecular formula is C8H20N2. The van der Waals surface area contributed by atoms with E-state index in [1.807, 2.05) is 0 Å². The quantitative estimate of drug-likeness (QED) is 0.574. The molecule has 0 aliphatic rings. The first-order chi connectivity index (χ1) is 4.70. The molecule has 0 unspecified atom stereocenters. The van der Waals surface area contributed by atoms with E-state index in [1.165, 1.54) is 12.8 Å². The second-order valence-electron chi connectivity index (χ2n) is 2.91. The van der Waals surface area contributed by atoms with Crippen LogP contribution in [0.15, 0.2) is 0 Å². The lowest BCUT2D eigenvalue weighted by Crippen LogP contribution is -2.43. The fourth-order valence-electron chi connectivity index (χ4n) is 0.489. The highest BCUT2D eigenvalue weighted by atomic mass is 15.4. The van der Waals surface area contributed by atoms with E-state index in [0.29, 0.717) is 12.1 Å². The molecule has 0 aromatic heterocycles. The summed E-state index contributed by atoms with van der Waals surface area (Å²) in [6.45, 7) is 8.71. The van der Waals surface area contributed by atoms with Crippen LogP contribution >= 0.6 is 0 Å². The highest BCUT2D eigenvalue weighted by Gasteiger charge is 1.98. The van der Waals surface area contributed by atoms with Crippen molar-refractivity contribution in [2.45, 2.75) is 52.6 Å². The van der Waals surface area contributed by atoms with Crippen LogP contribution in [0, 0.1) is 0 Å². The fourth-order valence-corrected chi connectivity index (χ4v) is 0.489. The van der Waals surface area contributed by atoms with Gasteiger partial charge >= 0.3 is 0 Å². The third kappa shape index (κ3) is 4.77. The molecule has 0 bridgehead atoms. The van der Waals surface area contributed by atoms with Crippen molar-refractivity contribution >= 4 is 0 Å². The summed E-state index contributed by atoms with van der Waals surface area (Å²) >= 11 is 0. The van der Waals surface area contributed by atoms with E-state index in [9.17, 15) is 0 Å². The number of hydrazine groups is 1. The average Bonchev–Trinajstić information content (AvgIpc) is 1.99. The lowest BCUT2D eigenvalue weighted by atomic mass is 10.2. The zero-order valence-electron chi connectivity index (χ0n) is 7.57. The number of nitrogens with one attached hydrogen (secondary N) is 2. The van der Waals surface area contributed by atoms with Gasteiger partial charge in [0.1, 0.15) is 0 Å². The Balaban J connectivity index is 3.17. The normalized spacial score (nSPS) is 16.8. The molecule has 0 aliphatic carbocycles. The second-order valence-corrected chi connectivity index (χ2v) is 2.91. The predicted molar refractivity (Wildman–Crippen MR) is 45.8 cm³/mol. The standard InChI is InChI=1S/C8H20N2/c1-5-7(3)9-10-8(4)6-2/h7-10H,5-6H2,1-4H3/t7-,8-/m0/s1. The van der Waals surface area contributed by atoms with Gasteiger partial charge in [0.15, 0.2) is 0 Å². The van der Waals surface area contributed by atoms with Crippen LogP contribution in [-0.2, 0) is 0 Å². The summed E-state index contributed by atoms with van der Waals surface area (Å²) in [5.74, 6) is 0. The zero-order valence-corrected chi connectivity index (χ0v) is 7.57. The Morgan fingerprint density at radius 1 is 0.900 bits per heavy atom. The molecule has 2 heteroatoms. The summed E-state index contributed by atoms with van der Waals surface area (Å²) in [6, 6.07) is 1.16. The SMILES string of the molecule is CC[C@H](C)NN[C@@H](C)CC. The second kappa shape index (κ2) is 5.69. The minimum absolute atomic E-state index is 0.578. The van der Waals surface area contributed by atoms with Crippen molar-refractivity contribution < 1.29 is 0 Å². The van der Waals surface area contributed by atoms with E-state index in [2.05, 4.69) is 38.5 Å². The van der Waals surface area contributed by atoms with Crippen LogP contribution in [0.5, 0.6) is 0 Å². The number of hydrogen-bond donors (Lipinski definition) is 2. The van der Waals surface area contributed by atoms with Gasteiger partial charge in [-0.1, -0.05) is 13.8 Å². The molecule has 0 radical (unpaired) electrons. The van der Waals surface area contributed by atoms with Crippen LogP contribution in [-0.4, -0.2) is 12.1 Å². The van der Waals surface area contributed by atoms with Gasteiger partial charge in [-0.25, -0.2) is 0 Å². The lowest BCUT2D eigenvalue weighted by molar-refractivity contribution is 0.385. The van der Waals surface area contributed by atoms with Gasteiger partial charge in [-0.05, 0) is 26.7 Å². The molecular weight excluding hydrogens is 124 g/mol. The summed E-state index contributed by atoms with van der Waals surface area (Å²) in [6.07, 6.45) is 2.34. The van der Waals surface area contributed by atoms with E-state index in [1.54, 1.807) is 0 Å². The van der Waals surface area contributed by atoms with Crippen LogP contribution < -0.4 is 10.9 Å². The summed E-state index contributed by atoms with van der Waals surface area (Å²) in [5.41, 5.74) is 6.47. The zero-order chi connectivity index (χ0) is 7.98. The summed E-state index contributed by atoms with van der Waals surface area (Å²) in [7, 11) is 0. The van der Waals surface area contributed by atoms with E-state index in [0.717, 1.165) is 0 Å². The Morgan fingerprint density at radius 3 is 1.40 bits per heavy atom. The van der Waals surface area contributed by atoms with E-state index >= 15 is 0 Å². The monoisotopic (exact) mass is 144 g/mol. The van der Waals surface area contributed by atoms with Crippen molar-refractivity contribution in [1.29, 1.82) is 0 Å². The summed E-state index contributed by atoms with van der Waals surface area (Å²) < 4.78 is 0. The maximum Gasteiger partial charge on any atom is 0.0182 e. The van der Waals surface area contributed by atoms with Crippen molar-refractivity contribution in [3.8, 4) is 0 Å². The van der Waals surface area contributed by atoms with E-state index in [-0.39, 0.29) is 0 Å². The third-order valence-corrected chi connectivity index (χ3v) is 1.80. The van der Waals surface area contributed by atoms with Crippen molar-refractivity contribution in [1.82, 2.24) is 10.9 Å². The molecule has 0 heterocycles. The minimum atomic E-state index is 0.578. The van der Waals surface area contributed by atoms with Crippen LogP contribution in [0.25, 0.3) is 0 Å². The Morgan fingerprint density at radius 2 is 1.20 bits per heavy atom. The smallest absolute Gasteiger partial charge is 0.0182 e. The van der Waals surface area contributed by atoms with Gasteiger partial charge in [0.05, 0.1) is 0 Å². The van der Waals surface area contributed by atoms with Crippen molar-refractivity contribution in [3.63, 3.8) is 0 Å². The van der Waals surface area contributed by atoms with Crippen molar-refractivity contribution in [2.24, 2.45) is 0 Å². The summed E-state index contributed by atoms with van der Waals surface area (Å²) in [4.78, 5) is 0. The Hall–Kier alpha value is -0.0800. The van der Waals surface area contributed by atoms with Crippen LogP contribution in [0.3, 0.4) is 0 Å². The largest absolute Gasteiger partial charge is 0.255 e. The molecule has 0 spiro atoms. The molecule has 62 valence electrons. The Labute approximate surface area is 64.4 Å². The predicted octanol–water partition coefficient (Wildman–Crippen LogP) is 1.68. The molecule has 0 aliphatic heterocycles. The van der Waals surface area contributed by atoms with Gasteiger partial charge in [0, 0.05) is 12.1 Å². The maximum atomic E-state index is 3.23. The lowest BCUT2D eigenvalue weighted by Gasteiger charge is -2.16. The summed E-state index contributed by atoms with van der Waals surface area (Å²) in [5, 5.41) is 0. The van der Waals surface area contributed by atoms with Crippen molar-refractivity contribution in [2.75, 3.05) is 0 Å². The maximum absolute atomic E-state index is 3.23. The average molecular weight is 144 g/mol. The van der Waals surface area contributed by atoms with Crippen LogP contribution in [0.2, 0.25) is 0 Å². The Bertz CT molecular complexity index is 63.7. The van der Waals surface area contributed by atoms with Crippen LogP contribution in [0.1, 0.15) is 40.5 Å². The molecule has 0 rings (SSSR count). The third-order valence-electron chi connectivity index (χ3n) is 1.80. The van der Waals surface area contributed by atoms with Gasteiger partial charge in [-0.15, -0.1) is 0 Å². The number of hydrogen-bond acceptors (Lipinski definition) is 2. The van der Waals surface area contributed by atoms with Gasteiger partial charge in [-0.2, -0.15) is 0 Å². The molecule has 0 aromatic rings. The molecule has 0 fully saturated rings. The molecule has 2 atom stereocenters. The van der Waals surface area contributed by atoms with Gasteiger partial charge in [-0.3, -0.25) is 10.9 Å². The first-order valence-corrected chi connectivity index (χ1v) is 4.21. The molecule has 0 saturated heterocycles. The molecule has 0 saturated carbocycles. The highest BCUT2D eigenvalue weighted by Crippen LogP contribution is 1.88. The van der Waals surface area contributed by atoms with Gasteiger partial charge in [0.2, 0.25) is 0 Å². The van der Waals surface area contributed by atoms with Crippen molar-refractivity contribution in [3.05, 3.63) is 0 Å². The molecule has 2 N–H and O–H groups in total. The first-order valence-electron chi connectivity index (χ1n) is 4.21. The Kier molecular flexibility index (Phi) is 5.64. The minimum Gasteiger partial charge on any atom is -0.255 e. The van der Waals surface area contributed by atoms with E-state index < -0.39 is 0 Å². The highest BCUT2D eigenvalue weighted by molar-refractivity contribution is 4.57. The molecule has 10 heavy (non-hydrogen) atoms. The fraction of sp³-hybridized carbons (Fsp3) is 1.00. The molecule has 0 amide bonds.